The maximum absolute atomic E-state index is 3.70. The third-order valence-corrected chi connectivity index (χ3v) is 3.54. The predicted molar refractivity (Wildman–Crippen MR) is 55.9 cm³/mol. The molecular formula is C11H22N2. The number of nitrogens with one attached hydrogen (secondary N) is 1. The SMILES string of the molecule is CN1CCCC(CNC2(C)CC2)C1. The van der Waals surface area contributed by atoms with E-state index in [0.29, 0.717) is 5.54 Å². The lowest BCUT2D eigenvalue weighted by molar-refractivity contribution is 0.202. The fourth-order valence-electron chi connectivity index (χ4n) is 2.19. The lowest BCUT2D eigenvalue weighted by Gasteiger charge is -2.30. The summed E-state index contributed by atoms with van der Waals surface area (Å²) in [6.45, 7) is 6.18. The topological polar surface area (TPSA) is 15.3 Å². The molecule has 1 N–H and O–H groups in total. The molecule has 2 aliphatic rings. The minimum Gasteiger partial charge on any atom is -0.311 e. The molecule has 0 aromatic carbocycles. The normalized spacial score (nSPS) is 33.2. The van der Waals surface area contributed by atoms with E-state index in [2.05, 4.69) is 24.2 Å². The maximum Gasteiger partial charge on any atom is 0.0154 e. The molecule has 1 heterocycles. The Bertz CT molecular complexity index is 175. The van der Waals surface area contributed by atoms with Crippen molar-refractivity contribution in [2.45, 2.75) is 38.1 Å². The van der Waals surface area contributed by atoms with Gasteiger partial charge in [0.15, 0.2) is 0 Å². The first-order chi connectivity index (χ1) is 6.18. The van der Waals surface area contributed by atoms with Crippen molar-refractivity contribution in [1.82, 2.24) is 10.2 Å². The number of rotatable bonds is 3. The van der Waals surface area contributed by atoms with E-state index in [4.69, 9.17) is 0 Å². The summed E-state index contributed by atoms with van der Waals surface area (Å²) < 4.78 is 0. The number of piperidine rings is 1. The van der Waals surface area contributed by atoms with Crippen LogP contribution >= 0.6 is 0 Å². The van der Waals surface area contributed by atoms with Gasteiger partial charge in [0.1, 0.15) is 0 Å². The van der Waals surface area contributed by atoms with Gasteiger partial charge in [-0.25, -0.2) is 0 Å². The molecule has 0 bridgehead atoms. The van der Waals surface area contributed by atoms with Crippen molar-refractivity contribution >= 4 is 0 Å². The summed E-state index contributed by atoms with van der Waals surface area (Å²) in [5.41, 5.74) is 0.524. The van der Waals surface area contributed by atoms with E-state index in [-0.39, 0.29) is 0 Å². The average Bonchev–Trinajstić information content (AvgIpc) is 2.82. The molecule has 0 radical (unpaired) electrons. The van der Waals surface area contributed by atoms with Crippen LogP contribution in [0.3, 0.4) is 0 Å². The molecule has 2 nitrogen and oxygen atoms in total. The first-order valence-corrected chi connectivity index (χ1v) is 5.62. The summed E-state index contributed by atoms with van der Waals surface area (Å²) in [6.07, 6.45) is 5.58. The summed E-state index contributed by atoms with van der Waals surface area (Å²) in [5, 5.41) is 3.70. The minimum absolute atomic E-state index is 0.524. The van der Waals surface area contributed by atoms with Gasteiger partial charge >= 0.3 is 0 Å². The van der Waals surface area contributed by atoms with Gasteiger partial charge in [0.05, 0.1) is 0 Å². The number of nitrogens with zero attached hydrogens (tertiary/aromatic N) is 1. The largest absolute Gasteiger partial charge is 0.311 e. The van der Waals surface area contributed by atoms with Crippen LogP contribution in [-0.2, 0) is 0 Å². The summed E-state index contributed by atoms with van der Waals surface area (Å²) >= 11 is 0. The van der Waals surface area contributed by atoms with Gasteiger partial charge in [0.25, 0.3) is 0 Å². The van der Waals surface area contributed by atoms with Crippen molar-refractivity contribution in [3.8, 4) is 0 Å². The molecule has 1 aliphatic heterocycles. The molecule has 2 rings (SSSR count). The second-order valence-corrected chi connectivity index (χ2v) is 5.21. The quantitative estimate of drug-likeness (QED) is 0.711. The van der Waals surface area contributed by atoms with Crippen LogP contribution in [-0.4, -0.2) is 37.1 Å². The zero-order valence-electron chi connectivity index (χ0n) is 8.97. The third kappa shape index (κ3) is 2.68. The summed E-state index contributed by atoms with van der Waals surface area (Å²) in [4.78, 5) is 2.46. The number of hydrogen-bond donors (Lipinski definition) is 1. The molecule has 1 atom stereocenters. The van der Waals surface area contributed by atoms with Crippen molar-refractivity contribution < 1.29 is 0 Å². The van der Waals surface area contributed by atoms with E-state index in [1.807, 2.05) is 0 Å². The van der Waals surface area contributed by atoms with Gasteiger partial charge in [0, 0.05) is 12.1 Å². The highest BCUT2D eigenvalue weighted by Gasteiger charge is 2.37. The van der Waals surface area contributed by atoms with E-state index in [1.54, 1.807) is 0 Å². The van der Waals surface area contributed by atoms with Crippen LogP contribution in [0.15, 0.2) is 0 Å². The zero-order chi connectivity index (χ0) is 9.31. The molecule has 1 saturated carbocycles. The predicted octanol–water partition coefficient (Wildman–Crippen LogP) is 1.47. The lowest BCUT2D eigenvalue weighted by Crippen LogP contribution is -2.40. The molecular weight excluding hydrogens is 160 g/mol. The molecule has 0 spiro atoms. The van der Waals surface area contributed by atoms with Gasteiger partial charge in [-0.15, -0.1) is 0 Å². The molecule has 76 valence electrons. The summed E-state index contributed by atoms with van der Waals surface area (Å²) in [5.74, 6) is 0.899. The Morgan fingerprint density at radius 2 is 2.23 bits per heavy atom. The Morgan fingerprint density at radius 3 is 2.85 bits per heavy atom. The lowest BCUT2D eigenvalue weighted by atomic mass is 9.98. The molecule has 2 fully saturated rings. The van der Waals surface area contributed by atoms with E-state index in [1.165, 1.54) is 45.3 Å². The third-order valence-electron chi connectivity index (χ3n) is 3.54. The molecule has 13 heavy (non-hydrogen) atoms. The smallest absolute Gasteiger partial charge is 0.0154 e. The monoisotopic (exact) mass is 182 g/mol. The first-order valence-electron chi connectivity index (χ1n) is 5.62. The number of hydrogen-bond acceptors (Lipinski definition) is 2. The van der Waals surface area contributed by atoms with Crippen molar-refractivity contribution in [3.63, 3.8) is 0 Å². The van der Waals surface area contributed by atoms with Gasteiger partial charge in [-0.05, 0) is 58.7 Å². The van der Waals surface area contributed by atoms with E-state index >= 15 is 0 Å². The minimum atomic E-state index is 0.524. The highest BCUT2D eigenvalue weighted by Crippen LogP contribution is 2.34. The van der Waals surface area contributed by atoms with Crippen LogP contribution in [0.4, 0.5) is 0 Å². The highest BCUT2D eigenvalue weighted by molar-refractivity contribution is 4.97. The van der Waals surface area contributed by atoms with Crippen LogP contribution in [0.5, 0.6) is 0 Å². The highest BCUT2D eigenvalue weighted by atomic mass is 15.1. The van der Waals surface area contributed by atoms with Crippen molar-refractivity contribution in [3.05, 3.63) is 0 Å². The zero-order valence-corrected chi connectivity index (χ0v) is 8.97. The van der Waals surface area contributed by atoms with Gasteiger partial charge < -0.3 is 10.2 Å². The van der Waals surface area contributed by atoms with Gasteiger partial charge in [-0.2, -0.15) is 0 Å². The van der Waals surface area contributed by atoms with Crippen molar-refractivity contribution in [2.24, 2.45) is 5.92 Å². The van der Waals surface area contributed by atoms with Crippen molar-refractivity contribution in [2.75, 3.05) is 26.7 Å². The van der Waals surface area contributed by atoms with Crippen LogP contribution in [0, 0.1) is 5.92 Å². The van der Waals surface area contributed by atoms with Crippen LogP contribution in [0.25, 0.3) is 0 Å². The Balaban J connectivity index is 1.68. The molecule has 1 unspecified atom stereocenters. The number of likely N-dealkylation sites (tertiary alicyclic amines) is 1. The van der Waals surface area contributed by atoms with Gasteiger partial charge in [-0.3, -0.25) is 0 Å². The molecule has 2 heteroatoms. The average molecular weight is 182 g/mol. The first kappa shape index (κ1) is 9.47. The fraction of sp³-hybridized carbons (Fsp3) is 1.00. The standard InChI is InChI=1S/C11H22N2/c1-11(5-6-11)12-8-10-4-3-7-13(2)9-10/h10,12H,3-9H2,1-2H3. The second-order valence-electron chi connectivity index (χ2n) is 5.21. The van der Waals surface area contributed by atoms with Crippen LogP contribution < -0.4 is 5.32 Å². The maximum atomic E-state index is 3.70. The Kier molecular flexibility index (Phi) is 2.61. The summed E-state index contributed by atoms with van der Waals surface area (Å²) in [7, 11) is 2.24. The van der Waals surface area contributed by atoms with Gasteiger partial charge in [-0.1, -0.05) is 0 Å². The Labute approximate surface area is 81.7 Å². The molecule has 0 amide bonds. The van der Waals surface area contributed by atoms with Crippen LogP contribution in [0.1, 0.15) is 32.6 Å². The summed E-state index contributed by atoms with van der Waals surface area (Å²) in [6, 6.07) is 0. The van der Waals surface area contributed by atoms with Crippen LogP contribution in [0.2, 0.25) is 0 Å². The van der Waals surface area contributed by atoms with E-state index in [0.717, 1.165) is 5.92 Å². The van der Waals surface area contributed by atoms with Gasteiger partial charge in [0.2, 0.25) is 0 Å². The fourth-order valence-corrected chi connectivity index (χ4v) is 2.19. The molecule has 1 aliphatic carbocycles. The second kappa shape index (κ2) is 3.58. The molecule has 1 saturated heterocycles. The van der Waals surface area contributed by atoms with Crippen molar-refractivity contribution in [1.29, 1.82) is 0 Å². The van der Waals surface area contributed by atoms with E-state index < -0.39 is 0 Å². The Morgan fingerprint density at radius 1 is 1.46 bits per heavy atom. The molecule has 0 aromatic heterocycles. The molecule has 0 aromatic rings. The van der Waals surface area contributed by atoms with E-state index in [9.17, 15) is 0 Å². The Hall–Kier alpha value is -0.0800.